The van der Waals surface area contributed by atoms with Gasteiger partial charge in [0.15, 0.2) is 0 Å². The first-order valence-corrected chi connectivity index (χ1v) is 8.98. The molecule has 1 aromatic heterocycles. The predicted octanol–water partition coefficient (Wildman–Crippen LogP) is 3.71. The summed E-state index contributed by atoms with van der Waals surface area (Å²) >= 11 is 5.96. The van der Waals surface area contributed by atoms with Gasteiger partial charge >= 0.3 is 0 Å². The van der Waals surface area contributed by atoms with Crippen molar-refractivity contribution in [2.45, 2.75) is 25.8 Å². The van der Waals surface area contributed by atoms with E-state index in [0.29, 0.717) is 6.04 Å². The van der Waals surface area contributed by atoms with Crippen molar-refractivity contribution in [1.82, 2.24) is 10.3 Å². The van der Waals surface area contributed by atoms with Crippen LogP contribution in [0.25, 0.3) is 0 Å². The largest absolute Gasteiger partial charge is 0.383 e. The molecular formula is C19H25ClN4. The maximum absolute atomic E-state index is 5.96. The number of anilines is 2. The highest BCUT2D eigenvalue weighted by Gasteiger charge is 2.18. The second kappa shape index (κ2) is 8.36. The highest BCUT2D eigenvalue weighted by Crippen LogP contribution is 2.22. The normalized spacial score (nSPS) is 15.5. The third-order valence-corrected chi connectivity index (χ3v) is 4.83. The summed E-state index contributed by atoms with van der Waals surface area (Å²) in [5.41, 5.74) is 3.63. The molecule has 2 heterocycles. The molecule has 0 atom stereocenters. The third kappa shape index (κ3) is 4.62. The lowest BCUT2D eigenvalue weighted by Gasteiger charge is -2.34. The number of hydrogen-bond acceptors (Lipinski definition) is 4. The first kappa shape index (κ1) is 17.1. The van der Waals surface area contributed by atoms with Crippen LogP contribution in [0.2, 0.25) is 5.02 Å². The number of rotatable bonds is 6. The quantitative estimate of drug-likeness (QED) is 0.784. The van der Waals surface area contributed by atoms with E-state index >= 15 is 0 Å². The molecule has 1 saturated heterocycles. The van der Waals surface area contributed by atoms with Crippen LogP contribution in [0.4, 0.5) is 11.4 Å². The highest BCUT2D eigenvalue weighted by molar-refractivity contribution is 6.30. The van der Waals surface area contributed by atoms with Crippen LogP contribution in [0, 0.1) is 6.92 Å². The predicted molar refractivity (Wildman–Crippen MR) is 102 cm³/mol. The molecule has 3 rings (SSSR count). The minimum Gasteiger partial charge on any atom is -0.383 e. The van der Waals surface area contributed by atoms with Gasteiger partial charge in [0.05, 0.1) is 0 Å². The summed E-state index contributed by atoms with van der Waals surface area (Å²) in [6.07, 6.45) is 6.07. The molecule has 1 aliphatic heterocycles. The number of pyridine rings is 1. The zero-order chi connectivity index (χ0) is 16.8. The Labute approximate surface area is 149 Å². The second-order valence-electron chi connectivity index (χ2n) is 6.31. The maximum Gasteiger partial charge on any atom is 0.0407 e. The molecule has 2 N–H and O–H groups in total. The van der Waals surface area contributed by atoms with Crippen LogP contribution in [0.15, 0.2) is 42.7 Å². The van der Waals surface area contributed by atoms with Crippen molar-refractivity contribution in [3.63, 3.8) is 0 Å². The fourth-order valence-corrected chi connectivity index (χ4v) is 3.26. The van der Waals surface area contributed by atoms with Gasteiger partial charge in [-0.1, -0.05) is 11.6 Å². The van der Waals surface area contributed by atoms with Crippen LogP contribution in [-0.2, 0) is 0 Å². The lowest BCUT2D eigenvalue weighted by Crippen LogP contribution is -2.43. The van der Waals surface area contributed by atoms with E-state index in [0.717, 1.165) is 31.2 Å². The van der Waals surface area contributed by atoms with E-state index in [9.17, 15) is 0 Å². The number of aryl methyl sites for hydroxylation is 1. The van der Waals surface area contributed by atoms with Crippen molar-refractivity contribution in [2.24, 2.45) is 0 Å². The molecule has 2 aromatic rings. The number of benzene rings is 1. The number of halogens is 1. The molecule has 4 nitrogen and oxygen atoms in total. The van der Waals surface area contributed by atoms with Crippen molar-refractivity contribution < 1.29 is 0 Å². The molecule has 24 heavy (non-hydrogen) atoms. The highest BCUT2D eigenvalue weighted by atomic mass is 35.5. The average Bonchev–Trinajstić information content (AvgIpc) is 2.61. The number of hydrogen-bond donors (Lipinski definition) is 2. The molecule has 128 valence electrons. The van der Waals surface area contributed by atoms with Crippen LogP contribution >= 0.6 is 11.6 Å². The van der Waals surface area contributed by atoms with Gasteiger partial charge in [-0.15, -0.1) is 0 Å². The topological polar surface area (TPSA) is 40.2 Å². The van der Waals surface area contributed by atoms with E-state index in [2.05, 4.69) is 39.6 Å². The van der Waals surface area contributed by atoms with E-state index in [1.165, 1.54) is 29.8 Å². The molecule has 0 spiro atoms. The van der Waals surface area contributed by atoms with Crippen molar-refractivity contribution >= 4 is 23.0 Å². The Hall–Kier alpha value is -1.78. The van der Waals surface area contributed by atoms with Gasteiger partial charge in [0.1, 0.15) is 0 Å². The summed E-state index contributed by atoms with van der Waals surface area (Å²) < 4.78 is 0. The molecule has 5 heteroatoms. The third-order valence-electron chi connectivity index (χ3n) is 4.58. The summed E-state index contributed by atoms with van der Waals surface area (Å²) in [4.78, 5) is 6.55. The summed E-state index contributed by atoms with van der Waals surface area (Å²) in [5.74, 6) is 0. The molecule has 0 bridgehead atoms. The van der Waals surface area contributed by atoms with Crippen LogP contribution in [0.1, 0.15) is 18.4 Å². The Morgan fingerprint density at radius 1 is 1.12 bits per heavy atom. The number of nitrogens with one attached hydrogen (secondary N) is 2. The molecule has 0 saturated carbocycles. The van der Waals surface area contributed by atoms with E-state index in [1.54, 1.807) is 0 Å². The second-order valence-corrected chi connectivity index (χ2v) is 6.75. The van der Waals surface area contributed by atoms with E-state index < -0.39 is 0 Å². The first-order chi connectivity index (χ1) is 11.7. The average molecular weight is 345 g/mol. The molecule has 1 fully saturated rings. The fraction of sp³-hybridized carbons (Fsp3) is 0.421. The van der Waals surface area contributed by atoms with Crippen LogP contribution in [0.3, 0.4) is 0 Å². The lowest BCUT2D eigenvalue weighted by molar-refractivity contribution is 0.421. The van der Waals surface area contributed by atoms with E-state index in [-0.39, 0.29) is 0 Å². The number of piperidine rings is 1. The van der Waals surface area contributed by atoms with Crippen LogP contribution in [-0.4, -0.2) is 37.2 Å². The van der Waals surface area contributed by atoms with Crippen LogP contribution in [0.5, 0.6) is 0 Å². The Bertz CT molecular complexity index is 636. The van der Waals surface area contributed by atoms with Crippen molar-refractivity contribution in [3.05, 3.63) is 53.3 Å². The van der Waals surface area contributed by atoms with E-state index in [4.69, 9.17) is 11.6 Å². The lowest BCUT2D eigenvalue weighted by atomic mass is 10.0. The summed E-state index contributed by atoms with van der Waals surface area (Å²) in [7, 11) is 0. The zero-order valence-corrected chi connectivity index (χ0v) is 14.9. The summed E-state index contributed by atoms with van der Waals surface area (Å²) in [6.45, 7) is 6.18. The monoisotopic (exact) mass is 344 g/mol. The van der Waals surface area contributed by atoms with Gasteiger partial charge in [-0.25, -0.2) is 0 Å². The van der Waals surface area contributed by atoms with Crippen molar-refractivity contribution in [2.75, 3.05) is 36.4 Å². The smallest absolute Gasteiger partial charge is 0.0407 e. The molecule has 0 aliphatic carbocycles. The van der Waals surface area contributed by atoms with Gasteiger partial charge in [0.25, 0.3) is 0 Å². The number of nitrogens with zero attached hydrogens (tertiary/aromatic N) is 2. The van der Waals surface area contributed by atoms with Gasteiger partial charge < -0.3 is 15.5 Å². The van der Waals surface area contributed by atoms with Gasteiger partial charge in [-0.2, -0.15) is 0 Å². The Kier molecular flexibility index (Phi) is 5.94. The van der Waals surface area contributed by atoms with Crippen molar-refractivity contribution in [3.8, 4) is 0 Å². The zero-order valence-electron chi connectivity index (χ0n) is 14.1. The fourth-order valence-electron chi connectivity index (χ4n) is 3.14. The first-order valence-electron chi connectivity index (χ1n) is 8.61. The Morgan fingerprint density at radius 2 is 1.88 bits per heavy atom. The minimum atomic E-state index is 0.605. The van der Waals surface area contributed by atoms with Gasteiger partial charge in [-0.05, 0) is 55.7 Å². The molecule has 0 unspecified atom stereocenters. The standard InChI is InChI=1S/C19H25ClN4/c1-15-14-21-9-6-19(15)23-11-10-22-17-7-12-24(13-8-17)18-4-2-16(20)3-5-18/h2-6,9,14,17,22H,7-8,10-13H2,1H3,(H,21,23). The Balaban J connectivity index is 1.37. The van der Waals surface area contributed by atoms with Gasteiger partial charge in [0.2, 0.25) is 0 Å². The maximum atomic E-state index is 5.96. The molecule has 1 aliphatic rings. The minimum absolute atomic E-state index is 0.605. The molecular weight excluding hydrogens is 320 g/mol. The number of aromatic nitrogens is 1. The van der Waals surface area contributed by atoms with Gasteiger partial charge in [0, 0.05) is 61.0 Å². The van der Waals surface area contributed by atoms with Crippen molar-refractivity contribution in [1.29, 1.82) is 0 Å². The Morgan fingerprint density at radius 3 is 2.58 bits per heavy atom. The molecule has 0 amide bonds. The van der Waals surface area contributed by atoms with E-state index in [1.807, 2.05) is 30.6 Å². The van der Waals surface area contributed by atoms with Gasteiger partial charge in [-0.3, -0.25) is 4.98 Å². The van der Waals surface area contributed by atoms with Crippen LogP contribution < -0.4 is 15.5 Å². The molecule has 0 radical (unpaired) electrons. The molecule has 1 aromatic carbocycles. The summed E-state index contributed by atoms with van der Waals surface area (Å²) in [6, 6.07) is 10.8. The SMILES string of the molecule is Cc1cnccc1NCCNC1CCN(c2ccc(Cl)cc2)CC1. The summed E-state index contributed by atoms with van der Waals surface area (Å²) in [5, 5.41) is 7.93.